The molecule has 0 atom stereocenters. The largest absolute Gasteiger partial charge is 0.349 e. The van der Waals surface area contributed by atoms with Gasteiger partial charge in [0.2, 0.25) is 0 Å². The van der Waals surface area contributed by atoms with Gasteiger partial charge >= 0.3 is 0 Å². The Morgan fingerprint density at radius 1 is 1.08 bits per heavy atom. The Morgan fingerprint density at radius 2 is 1.84 bits per heavy atom. The molecular weight excluding hydrogens is 312 g/mol. The first kappa shape index (κ1) is 16.7. The first-order chi connectivity index (χ1) is 12.2. The van der Waals surface area contributed by atoms with Crippen LogP contribution in [0, 0.1) is 6.92 Å². The molecule has 0 amide bonds. The normalized spacial score (nSPS) is 11.4. The fourth-order valence-electron chi connectivity index (χ4n) is 2.29. The molecule has 3 rings (SSSR count). The van der Waals surface area contributed by atoms with Crippen LogP contribution in [0.4, 0.5) is 5.69 Å². The zero-order chi connectivity index (χ0) is 17.5. The molecule has 0 radical (unpaired) electrons. The van der Waals surface area contributed by atoms with Crippen molar-refractivity contribution in [2.45, 2.75) is 20.0 Å². The van der Waals surface area contributed by atoms with Crippen LogP contribution in [0.25, 0.3) is 0 Å². The van der Waals surface area contributed by atoms with E-state index in [1.807, 2.05) is 37.4 Å². The molecule has 1 heterocycles. The number of aryl methyl sites for hydroxylation is 2. The number of para-hydroxylation sites is 1. The Hall–Kier alpha value is -3.15. The second-order valence-corrected chi connectivity index (χ2v) is 5.83. The summed E-state index contributed by atoms with van der Waals surface area (Å²) < 4.78 is 1.69. The van der Waals surface area contributed by atoms with Crippen molar-refractivity contribution in [3.63, 3.8) is 0 Å². The van der Waals surface area contributed by atoms with Crippen molar-refractivity contribution in [2.75, 3.05) is 5.32 Å². The molecule has 0 aliphatic carbocycles. The minimum absolute atomic E-state index is 0.507. The number of benzene rings is 2. The van der Waals surface area contributed by atoms with E-state index in [1.54, 1.807) is 11.0 Å². The van der Waals surface area contributed by atoms with E-state index >= 15 is 0 Å². The molecule has 0 unspecified atom stereocenters. The topological polar surface area (TPSA) is 67.1 Å². The molecule has 25 heavy (non-hydrogen) atoms. The van der Waals surface area contributed by atoms with Gasteiger partial charge in [-0.3, -0.25) is 4.68 Å². The Morgan fingerprint density at radius 3 is 2.52 bits per heavy atom. The van der Waals surface area contributed by atoms with Gasteiger partial charge in [0.25, 0.3) is 0 Å². The molecule has 3 aromatic rings. The third kappa shape index (κ3) is 5.17. The molecular formula is C19H22N6. The number of anilines is 1. The number of guanidine groups is 1. The van der Waals surface area contributed by atoms with Gasteiger partial charge in [-0.15, -0.1) is 0 Å². The maximum atomic E-state index is 4.67. The van der Waals surface area contributed by atoms with Gasteiger partial charge in [0.15, 0.2) is 11.8 Å². The predicted octanol–water partition coefficient (Wildman–Crippen LogP) is 2.88. The molecule has 128 valence electrons. The molecule has 0 saturated heterocycles. The Bertz CT molecular complexity index is 821. The van der Waals surface area contributed by atoms with E-state index in [2.05, 4.69) is 56.9 Å². The first-order valence-corrected chi connectivity index (χ1v) is 8.19. The van der Waals surface area contributed by atoms with Crippen LogP contribution in [0.1, 0.15) is 17.0 Å². The van der Waals surface area contributed by atoms with Crippen molar-refractivity contribution in [2.24, 2.45) is 12.0 Å². The average molecular weight is 334 g/mol. The standard InChI is InChI=1S/C19H22N6/c1-15-8-10-16(11-9-15)12-20-19(23-17-6-4-3-5-7-17)21-13-18-22-14-25(2)24-18/h3-11,14H,12-13H2,1-2H3,(H2,20,21,23). The van der Waals surface area contributed by atoms with Crippen LogP contribution in [0.2, 0.25) is 0 Å². The molecule has 1 aromatic heterocycles. The first-order valence-electron chi connectivity index (χ1n) is 8.19. The SMILES string of the molecule is Cc1ccc(CN=C(NCc2ncn(C)n2)Nc2ccccc2)cc1. The average Bonchev–Trinajstić information content (AvgIpc) is 3.05. The number of hydrogen-bond donors (Lipinski definition) is 2. The van der Waals surface area contributed by atoms with Crippen molar-refractivity contribution < 1.29 is 0 Å². The van der Waals surface area contributed by atoms with Crippen molar-refractivity contribution in [1.29, 1.82) is 0 Å². The maximum Gasteiger partial charge on any atom is 0.196 e. The highest BCUT2D eigenvalue weighted by molar-refractivity contribution is 5.93. The van der Waals surface area contributed by atoms with Crippen LogP contribution in [-0.2, 0) is 20.1 Å². The van der Waals surface area contributed by atoms with Gasteiger partial charge in [-0.25, -0.2) is 9.98 Å². The van der Waals surface area contributed by atoms with Crippen LogP contribution in [-0.4, -0.2) is 20.7 Å². The molecule has 2 aromatic carbocycles. The molecule has 2 N–H and O–H groups in total. The van der Waals surface area contributed by atoms with Gasteiger partial charge in [-0.1, -0.05) is 48.0 Å². The van der Waals surface area contributed by atoms with E-state index in [-0.39, 0.29) is 0 Å². The molecule has 0 spiro atoms. The molecule has 6 nitrogen and oxygen atoms in total. The van der Waals surface area contributed by atoms with E-state index in [4.69, 9.17) is 0 Å². The Kier molecular flexibility index (Phi) is 5.41. The zero-order valence-electron chi connectivity index (χ0n) is 14.5. The monoisotopic (exact) mass is 334 g/mol. The number of aliphatic imine (C=N–C) groups is 1. The Balaban J connectivity index is 1.70. The summed E-state index contributed by atoms with van der Waals surface area (Å²) in [4.78, 5) is 8.90. The minimum Gasteiger partial charge on any atom is -0.349 e. The van der Waals surface area contributed by atoms with E-state index in [0.717, 1.165) is 17.1 Å². The number of hydrogen-bond acceptors (Lipinski definition) is 3. The molecule has 0 aliphatic heterocycles. The van der Waals surface area contributed by atoms with Crippen LogP contribution < -0.4 is 10.6 Å². The van der Waals surface area contributed by atoms with Gasteiger partial charge in [0.05, 0.1) is 13.1 Å². The van der Waals surface area contributed by atoms with Crippen molar-refractivity contribution in [1.82, 2.24) is 20.1 Å². The summed E-state index contributed by atoms with van der Waals surface area (Å²) in [5, 5.41) is 10.9. The fourth-order valence-corrected chi connectivity index (χ4v) is 2.29. The molecule has 0 fully saturated rings. The smallest absolute Gasteiger partial charge is 0.196 e. The van der Waals surface area contributed by atoms with Crippen LogP contribution in [0.5, 0.6) is 0 Å². The van der Waals surface area contributed by atoms with E-state index < -0.39 is 0 Å². The van der Waals surface area contributed by atoms with Gasteiger partial charge < -0.3 is 10.6 Å². The second kappa shape index (κ2) is 8.10. The summed E-state index contributed by atoms with van der Waals surface area (Å²) in [6.45, 7) is 3.18. The summed E-state index contributed by atoms with van der Waals surface area (Å²) in [6, 6.07) is 18.4. The third-order valence-electron chi connectivity index (χ3n) is 3.64. The number of rotatable bonds is 5. The second-order valence-electron chi connectivity index (χ2n) is 5.83. The molecule has 0 saturated carbocycles. The van der Waals surface area contributed by atoms with Gasteiger partial charge in [0, 0.05) is 12.7 Å². The molecule has 6 heteroatoms. The van der Waals surface area contributed by atoms with E-state index in [9.17, 15) is 0 Å². The van der Waals surface area contributed by atoms with Gasteiger partial charge in [-0.2, -0.15) is 5.10 Å². The lowest BCUT2D eigenvalue weighted by Crippen LogP contribution is -2.31. The minimum atomic E-state index is 0.507. The summed E-state index contributed by atoms with van der Waals surface area (Å²) in [5.41, 5.74) is 3.39. The van der Waals surface area contributed by atoms with Gasteiger partial charge in [-0.05, 0) is 24.6 Å². The summed E-state index contributed by atoms with van der Waals surface area (Å²) in [5.74, 6) is 1.42. The van der Waals surface area contributed by atoms with Crippen molar-refractivity contribution >= 4 is 11.6 Å². The van der Waals surface area contributed by atoms with Crippen LogP contribution in [0.3, 0.4) is 0 Å². The predicted molar refractivity (Wildman–Crippen MR) is 100 cm³/mol. The highest BCUT2D eigenvalue weighted by atomic mass is 15.3. The number of nitrogens with one attached hydrogen (secondary N) is 2. The van der Waals surface area contributed by atoms with Crippen molar-refractivity contribution in [3.05, 3.63) is 77.9 Å². The summed E-state index contributed by atoms with van der Waals surface area (Å²) in [7, 11) is 1.85. The van der Waals surface area contributed by atoms with E-state index in [1.165, 1.54) is 5.56 Å². The highest BCUT2D eigenvalue weighted by Gasteiger charge is 2.03. The highest BCUT2D eigenvalue weighted by Crippen LogP contribution is 2.07. The fraction of sp³-hybridized carbons (Fsp3) is 0.211. The lowest BCUT2D eigenvalue weighted by molar-refractivity contribution is 0.728. The maximum absolute atomic E-state index is 4.67. The summed E-state index contributed by atoms with van der Waals surface area (Å²) >= 11 is 0. The lowest BCUT2D eigenvalue weighted by atomic mass is 10.1. The van der Waals surface area contributed by atoms with Crippen LogP contribution in [0.15, 0.2) is 65.9 Å². The van der Waals surface area contributed by atoms with E-state index in [0.29, 0.717) is 19.0 Å². The number of nitrogens with zero attached hydrogens (tertiary/aromatic N) is 4. The lowest BCUT2D eigenvalue weighted by Gasteiger charge is -2.11. The molecule has 0 bridgehead atoms. The zero-order valence-corrected chi connectivity index (χ0v) is 14.5. The third-order valence-corrected chi connectivity index (χ3v) is 3.64. The van der Waals surface area contributed by atoms with Crippen molar-refractivity contribution in [3.8, 4) is 0 Å². The Labute approximate surface area is 147 Å². The number of aromatic nitrogens is 3. The van der Waals surface area contributed by atoms with Crippen LogP contribution >= 0.6 is 0 Å². The van der Waals surface area contributed by atoms with Gasteiger partial charge in [0.1, 0.15) is 6.33 Å². The summed E-state index contributed by atoms with van der Waals surface area (Å²) in [6.07, 6.45) is 1.69. The molecule has 0 aliphatic rings. The quantitative estimate of drug-likeness (QED) is 0.556.